The maximum Gasteiger partial charge on any atom is 0.0540 e. The monoisotopic (exact) mass is 231 g/mol. The Morgan fingerprint density at radius 2 is 2.47 bits per heavy atom. The molecule has 1 atom stereocenters. The molecule has 1 aromatic heterocycles. The van der Waals surface area contributed by atoms with Crippen molar-refractivity contribution in [2.45, 2.75) is 44.6 Å². The van der Waals surface area contributed by atoms with Crippen LogP contribution in [0, 0.1) is 12.3 Å². The first-order valence-corrected chi connectivity index (χ1v) is 6.50. The van der Waals surface area contributed by atoms with Crippen LogP contribution in [0.25, 0.3) is 0 Å². The molecule has 1 aliphatic carbocycles. The third kappa shape index (κ3) is 2.89. The van der Waals surface area contributed by atoms with Gasteiger partial charge in [0, 0.05) is 30.8 Å². The molecule has 1 unspecified atom stereocenters. The Balaban J connectivity index is 1.84. The van der Waals surface area contributed by atoms with Gasteiger partial charge in [-0.1, -0.05) is 0 Å². The summed E-state index contributed by atoms with van der Waals surface area (Å²) in [6, 6.07) is 0.498. The number of hydrogen-bond donors (Lipinski definition) is 1. The summed E-state index contributed by atoms with van der Waals surface area (Å²) in [7, 11) is 2.04. The van der Waals surface area contributed by atoms with Crippen LogP contribution < -0.4 is 5.32 Å². The van der Waals surface area contributed by atoms with Crippen LogP contribution in [0.3, 0.4) is 0 Å². The van der Waals surface area contributed by atoms with E-state index in [1.807, 2.05) is 17.9 Å². The Morgan fingerprint density at radius 1 is 1.59 bits per heavy atom. The number of aromatic nitrogens is 2. The largest absolute Gasteiger partial charge is 0.310 e. The summed E-state index contributed by atoms with van der Waals surface area (Å²) in [6.45, 7) is 1.06. The van der Waals surface area contributed by atoms with Gasteiger partial charge in [0.2, 0.25) is 0 Å². The van der Waals surface area contributed by atoms with Crippen molar-refractivity contribution < 1.29 is 0 Å². The van der Waals surface area contributed by atoms with Gasteiger partial charge in [0.15, 0.2) is 0 Å². The van der Waals surface area contributed by atoms with E-state index in [1.165, 1.54) is 30.5 Å². The average molecular weight is 231 g/mol. The fourth-order valence-electron chi connectivity index (χ4n) is 2.55. The minimum atomic E-state index is 0.498. The lowest BCUT2D eigenvalue weighted by molar-refractivity contribution is 0.446. The summed E-state index contributed by atoms with van der Waals surface area (Å²) in [5.74, 6) is 2.68. The van der Waals surface area contributed by atoms with Gasteiger partial charge in [-0.3, -0.25) is 4.68 Å². The van der Waals surface area contributed by atoms with E-state index >= 15 is 0 Å². The predicted molar refractivity (Wildman–Crippen MR) is 69.6 cm³/mol. The molecule has 0 saturated heterocycles. The SMILES string of the molecule is C#CCCCCNC1CCCc2c1cnn2C. The molecular weight excluding hydrogens is 210 g/mol. The number of rotatable bonds is 5. The van der Waals surface area contributed by atoms with E-state index in [-0.39, 0.29) is 0 Å². The lowest BCUT2D eigenvalue weighted by Gasteiger charge is -2.23. The van der Waals surface area contributed by atoms with Crippen LogP contribution in [-0.4, -0.2) is 16.3 Å². The van der Waals surface area contributed by atoms with E-state index in [0.29, 0.717) is 6.04 Å². The fourth-order valence-corrected chi connectivity index (χ4v) is 2.55. The van der Waals surface area contributed by atoms with Gasteiger partial charge in [-0.15, -0.1) is 12.3 Å². The molecule has 1 heterocycles. The third-order valence-corrected chi connectivity index (χ3v) is 3.51. The van der Waals surface area contributed by atoms with Crippen LogP contribution in [0.1, 0.15) is 49.4 Å². The highest BCUT2D eigenvalue weighted by molar-refractivity contribution is 5.24. The number of fused-ring (bicyclic) bond motifs is 1. The molecule has 1 N–H and O–H groups in total. The number of unbranched alkanes of at least 4 members (excludes halogenated alkanes) is 2. The van der Waals surface area contributed by atoms with Gasteiger partial charge in [-0.05, 0) is 38.6 Å². The van der Waals surface area contributed by atoms with Crippen molar-refractivity contribution in [1.82, 2.24) is 15.1 Å². The van der Waals surface area contributed by atoms with E-state index in [4.69, 9.17) is 6.42 Å². The molecule has 0 bridgehead atoms. The molecule has 0 aromatic carbocycles. The predicted octanol–water partition coefficient (Wildman–Crippen LogP) is 2.19. The highest BCUT2D eigenvalue weighted by atomic mass is 15.3. The zero-order valence-electron chi connectivity index (χ0n) is 10.6. The Hall–Kier alpha value is -1.27. The van der Waals surface area contributed by atoms with E-state index < -0.39 is 0 Å². The van der Waals surface area contributed by atoms with E-state index in [1.54, 1.807) is 0 Å². The van der Waals surface area contributed by atoms with Gasteiger partial charge in [0.05, 0.1) is 6.20 Å². The van der Waals surface area contributed by atoms with Crippen molar-refractivity contribution in [3.05, 3.63) is 17.5 Å². The zero-order chi connectivity index (χ0) is 12.1. The van der Waals surface area contributed by atoms with Gasteiger partial charge in [-0.25, -0.2) is 0 Å². The van der Waals surface area contributed by atoms with E-state index in [9.17, 15) is 0 Å². The number of aryl methyl sites for hydroxylation is 1. The van der Waals surface area contributed by atoms with Crippen molar-refractivity contribution in [2.24, 2.45) is 7.05 Å². The second-order valence-electron chi connectivity index (χ2n) is 4.73. The highest BCUT2D eigenvalue weighted by Gasteiger charge is 2.22. The maximum atomic E-state index is 5.24. The second-order valence-corrected chi connectivity index (χ2v) is 4.73. The van der Waals surface area contributed by atoms with Crippen LogP contribution in [0.15, 0.2) is 6.20 Å². The molecule has 0 radical (unpaired) electrons. The van der Waals surface area contributed by atoms with Crippen LogP contribution >= 0.6 is 0 Å². The number of terminal acetylenes is 1. The minimum Gasteiger partial charge on any atom is -0.310 e. The first kappa shape index (κ1) is 12.2. The van der Waals surface area contributed by atoms with Crippen LogP contribution in [-0.2, 0) is 13.5 Å². The quantitative estimate of drug-likeness (QED) is 0.622. The fraction of sp³-hybridized carbons (Fsp3) is 0.643. The Kier molecular flexibility index (Phi) is 4.22. The topological polar surface area (TPSA) is 29.9 Å². The Morgan fingerprint density at radius 3 is 3.29 bits per heavy atom. The van der Waals surface area contributed by atoms with Gasteiger partial charge >= 0.3 is 0 Å². The summed E-state index contributed by atoms with van der Waals surface area (Å²) >= 11 is 0. The Labute approximate surface area is 104 Å². The van der Waals surface area contributed by atoms with Gasteiger partial charge < -0.3 is 5.32 Å². The second kappa shape index (κ2) is 5.88. The van der Waals surface area contributed by atoms with Crippen molar-refractivity contribution in [2.75, 3.05) is 6.54 Å². The summed E-state index contributed by atoms with van der Waals surface area (Å²) in [5.41, 5.74) is 2.80. The van der Waals surface area contributed by atoms with Crippen molar-refractivity contribution >= 4 is 0 Å². The maximum absolute atomic E-state index is 5.24. The Bertz CT molecular complexity index is 400. The highest BCUT2D eigenvalue weighted by Crippen LogP contribution is 2.28. The van der Waals surface area contributed by atoms with Crippen molar-refractivity contribution in [3.8, 4) is 12.3 Å². The van der Waals surface area contributed by atoms with Crippen molar-refractivity contribution in [1.29, 1.82) is 0 Å². The molecule has 2 rings (SSSR count). The zero-order valence-corrected chi connectivity index (χ0v) is 10.6. The molecule has 1 aliphatic rings. The molecule has 92 valence electrons. The summed E-state index contributed by atoms with van der Waals surface area (Å²) in [5, 5.41) is 7.98. The minimum absolute atomic E-state index is 0.498. The summed E-state index contributed by atoms with van der Waals surface area (Å²) in [6.07, 6.45) is 14.1. The summed E-state index contributed by atoms with van der Waals surface area (Å²) in [4.78, 5) is 0. The normalized spacial score (nSPS) is 18.7. The molecule has 0 spiro atoms. The first-order valence-electron chi connectivity index (χ1n) is 6.50. The molecular formula is C14H21N3. The number of nitrogens with zero attached hydrogens (tertiary/aromatic N) is 2. The summed E-state index contributed by atoms with van der Waals surface area (Å²) < 4.78 is 2.02. The molecule has 1 aromatic rings. The van der Waals surface area contributed by atoms with Crippen molar-refractivity contribution in [3.63, 3.8) is 0 Å². The lowest BCUT2D eigenvalue weighted by atomic mass is 9.93. The number of nitrogens with one attached hydrogen (secondary N) is 1. The molecule has 0 fully saturated rings. The number of hydrogen-bond acceptors (Lipinski definition) is 2. The van der Waals surface area contributed by atoms with Crippen LogP contribution in [0.4, 0.5) is 0 Å². The average Bonchev–Trinajstić information content (AvgIpc) is 2.72. The van der Waals surface area contributed by atoms with Crippen LogP contribution in [0.2, 0.25) is 0 Å². The lowest BCUT2D eigenvalue weighted by Crippen LogP contribution is -2.26. The standard InChI is InChI=1S/C14H21N3/c1-3-4-5-6-10-15-13-8-7-9-14-12(13)11-16-17(14)2/h1,11,13,15H,4-10H2,2H3. The molecule has 17 heavy (non-hydrogen) atoms. The molecule has 3 nitrogen and oxygen atoms in total. The molecule has 3 heteroatoms. The van der Waals surface area contributed by atoms with E-state index in [0.717, 1.165) is 25.8 Å². The smallest absolute Gasteiger partial charge is 0.0540 e. The molecule has 0 amide bonds. The van der Waals surface area contributed by atoms with Gasteiger partial charge in [0.25, 0.3) is 0 Å². The van der Waals surface area contributed by atoms with Crippen LogP contribution in [0.5, 0.6) is 0 Å². The molecule has 0 aliphatic heterocycles. The van der Waals surface area contributed by atoms with Gasteiger partial charge in [-0.2, -0.15) is 5.10 Å². The third-order valence-electron chi connectivity index (χ3n) is 3.51. The molecule has 0 saturated carbocycles. The van der Waals surface area contributed by atoms with E-state index in [2.05, 4.69) is 16.3 Å². The first-order chi connectivity index (χ1) is 8.33. The van der Waals surface area contributed by atoms with Gasteiger partial charge in [0.1, 0.15) is 0 Å².